The summed E-state index contributed by atoms with van der Waals surface area (Å²) < 4.78 is 13.3. The molecule has 0 radical (unpaired) electrons. The summed E-state index contributed by atoms with van der Waals surface area (Å²) in [7, 11) is 1.83. The lowest BCUT2D eigenvalue weighted by atomic mass is 10.1. The molecule has 1 N–H and O–H groups in total. The Kier molecular flexibility index (Phi) is 3.31. The third-order valence-corrected chi connectivity index (χ3v) is 2.14. The van der Waals surface area contributed by atoms with E-state index in [1.54, 1.807) is 12.1 Å². The standard InChI is InChI=1S/C11H10FN.ClH/c1-13-11-7-6-10(12)8-4-2-3-5-9(8)11;/h2-7,13H,1H3;1H. The number of nitrogens with one attached hydrogen (secondary N) is 1. The van der Waals surface area contributed by atoms with E-state index in [0.29, 0.717) is 5.39 Å². The van der Waals surface area contributed by atoms with Crippen LogP contribution in [0.2, 0.25) is 0 Å². The average molecular weight is 212 g/mol. The number of anilines is 1. The highest BCUT2D eigenvalue weighted by Gasteiger charge is 2.02. The highest BCUT2D eigenvalue weighted by molar-refractivity contribution is 5.94. The maximum Gasteiger partial charge on any atom is 0.131 e. The molecule has 0 bridgehead atoms. The fraction of sp³-hybridized carbons (Fsp3) is 0.0909. The molecule has 0 spiro atoms. The van der Waals surface area contributed by atoms with Crippen molar-refractivity contribution in [3.63, 3.8) is 0 Å². The molecule has 14 heavy (non-hydrogen) atoms. The van der Waals surface area contributed by atoms with Crippen molar-refractivity contribution in [1.82, 2.24) is 0 Å². The summed E-state index contributed by atoms with van der Waals surface area (Å²) in [6, 6.07) is 10.7. The largest absolute Gasteiger partial charge is 0.388 e. The molecule has 0 aromatic heterocycles. The summed E-state index contributed by atoms with van der Waals surface area (Å²) in [6.07, 6.45) is 0. The lowest BCUT2D eigenvalue weighted by Crippen LogP contribution is -1.90. The maximum absolute atomic E-state index is 13.3. The molecule has 1 nitrogen and oxygen atoms in total. The van der Waals surface area contributed by atoms with Crippen LogP contribution in [0.4, 0.5) is 10.1 Å². The van der Waals surface area contributed by atoms with E-state index in [9.17, 15) is 4.39 Å². The van der Waals surface area contributed by atoms with Gasteiger partial charge < -0.3 is 5.32 Å². The molecule has 0 saturated heterocycles. The summed E-state index contributed by atoms with van der Waals surface area (Å²) in [5.74, 6) is -0.172. The topological polar surface area (TPSA) is 12.0 Å². The molecule has 0 saturated carbocycles. The molecule has 74 valence electrons. The Labute approximate surface area is 88.3 Å². The van der Waals surface area contributed by atoms with Gasteiger partial charge in [0.15, 0.2) is 0 Å². The van der Waals surface area contributed by atoms with E-state index in [4.69, 9.17) is 0 Å². The fourth-order valence-corrected chi connectivity index (χ4v) is 1.48. The van der Waals surface area contributed by atoms with Crippen LogP contribution in [0.1, 0.15) is 0 Å². The predicted molar refractivity (Wildman–Crippen MR) is 60.7 cm³/mol. The molecule has 0 fully saturated rings. The van der Waals surface area contributed by atoms with E-state index in [1.165, 1.54) is 6.07 Å². The molecule has 0 aliphatic carbocycles. The van der Waals surface area contributed by atoms with E-state index in [0.717, 1.165) is 11.1 Å². The van der Waals surface area contributed by atoms with Crippen LogP contribution >= 0.6 is 12.4 Å². The van der Waals surface area contributed by atoms with Gasteiger partial charge in [0.1, 0.15) is 5.82 Å². The second kappa shape index (κ2) is 4.29. The van der Waals surface area contributed by atoms with Crippen LogP contribution in [0.15, 0.2) is 36.4 Å². The first kappa shape index (κ1) is 10.8. The Bertz CT molecular complexity index is 442. The van der Waals surface area contributed by atoms with Gasteiger partial charge in [-0.3, -0.25) is 0 Å². The minimum atomic E-state index is -0.172. The second-order valence-electron chi connectivity index (χ2n) is 2.89. The molecule has 2 rings (SSSR count). The summed E-state index contributed by atoms with van der Waals surface area (Å²) in [5.41, 5.74) is 0.956. The zero-order chi connectivity index (χ0) is 9.26. The number of fused-ring (bicyclic) bond motifs is 1. The Balaban J connectivity index is 0.000000980. The van der Waals surface area contributed by atoms with Gasteiger partial charge in [0.25, 0.3) is 0 Å². The minimum absolute atomic E-state index is 0. The Hall–Kier alpha value is -1.28. The van der Waals surface area contributed by atoms with Crippen LogP contribution in [-0.2, 0) is 0 Å². The van der Waals surface area contributed by atoms with Crippen LogP contribution in [0.5, 0.6) is 0 Å². The van der Waals surface area contributed by atoms with Crippen LogP contribution < -0.4 is 5.32 Å². The quantitative estimate of drug-likeness (QED) is 0.762. The maximum atomic E-state index is 13.3. The molecule has 2 aromatic carbocycles. The normalized spacial score (nSPS) is 9.57. The predicted octanol–water partition coefficient (Wildman–Crippen LogP) is 3.44. The molecular weight excluding hydrogens is 201 g/mol. The van der Waals surface area contributed by atoms with Crippen LogP contribution in [-0.4, -0.2) is 7.05 Å². The fourth-order valence-electron chi connectivity index (χ4n) is 1.48. The zero-order valence-corrected chi connectivity index (χ0v) is 8.57. The van der Waals surface area contributed by atoms with Gasteiger partial charge in [-0.15, -0.1) is 12.4 Å². The van der Waals surface area contributed by atoms with Crippen molar-refractivity contribution in [1.29, 1.82) is 0 Å². The SMILES string of the molecule is CNc1ccc(F)c2ccccc12.Cl. The van der Waals surface area contributed by atoms with Gasteiger partial charge in [0.05, 0.1) is 0 Å². The lowest BCUT2D eigenvalue weighted by molar-refractivity contribution is 0.640. The average Bonchev–Trinajstić information content (AvgIpc) is 2.19. The third-order valence-electron chi connectivity index (χ3n) is 2.14. The Morgan fingerprint density at radius 3 is 2.29 bits per heavy atom. The summed E-state index contributed by atoms with van der Waals surface area (Å²) in [6.45, 7) is 0. The van der Waals surface area contributed by atoms with Crippen molar-refractivity contribution >= 4 is 28.9 Å². The van der Waals surface area contributed by atoms with E-state index >= 15 is 0 Å². The molecule has 0 atom stereocenters. The van der Waals surface area contributed by atoms with Crippen LogP contribution in [0.25, 0.3) is 10.8 Å². The first-order valence-electron chi connectivity index (χ1n) is 4.18. The third kappa shape index (κ3) is 1.66. The van der Waals surface area contributed by atoms with Gasteiger partial charge in [-0.05, 0) is 12.1 Å². The van der Waals surface area contributed by atoms with Crippen molar-refractivity contribution in [2.75, 3.05) is 12.4 Å². The van der Waals surface area contributed by atoms with Crippen molar-refractivity contribution in [3.05, 3.63) is 42.2 Å². The Morgan fingerprint density at radius 1 is 1.00 bits per heavy atom. The van der Waals surface area contributed by atoms with Crippen LogP contribution in [0, 0.1) is 5.82 Å². The van der Waals surface area contributed by atoms with Gasteiger partial charge in [-0.25, -0.2) is 4.39 Å². The highest BCUT2D eigenvalue weighted by Crippen LogP contribution is 2.24. The number of halogens is 2. The molecule has 0 aliphatic heterocycles. The van der Waals surface area contributed by atoms with E-state index < -0.39 is 0 Å². The van der Waals surface area contributed by atoms with Gasteiger partial charge >= 0.3 is 0 Å². The van der Waals surface area contributed by atoms with Crippen LogP contribution in [0.3, 0.4) is 0 Å². The molecule has 0 aliphatic rings. The Morgan fingerprint density at radius 2 is 1.64 bits per heavy atom. The second-order valence-corrected chi connectivity index (χ2v) is 2.89. The van der Waals surface area contributed by atoms with Crippen molar-refractivity contribution < 1.29 is 4.39 Å². The molecule has 0 amide bonds. The van der Waals surface area contributed by atoms with E-state index in [-0.39, 0.29) is 18.2 Å². The van der Waals surface area contributed by atoms with Gasteiger partial charge in [-0.2, -0.15) is 0 Å². The summed E-state index contributed by atoms with van der Waals surface area (Å²) in [5, 5.41) is 4.61. The summed E-state index contributed by atoms with van der Waals surface area (Å²) in [4.78, 5) is 0. The molecule has 0 unspecified atom stereocenters. The molecular formula is C11H11ClFN. The number of hydrogen-bond acceptors (Lipinski definition) is 1. The minimum Gasteiger partial charge on any atom is -0.388 e. The highest BCUT2D eigenvalue weighted by atomic mass is 35.5. The first-order chi connectivity index (χ1) is 6.33. The monoisotopic (exact) mass is 211 g/mol. The zero-order valence-electron chi connectivity index (χ0n) is 7.75. The van der Waals surface area contributed by atoms with Crippen molar-refractivity contribution in [3.8, 4) is 0 Å². The van der Waals surface area contributed by atoms with E-state index in [2.05, 4.69) is 5.32 Å². The molecule has 2 aromatic rings. The van der Waals surface area contributed by atoms with Crippen molar-refractivity contribution in [2.24, 2.45) is 0 Å². The number of benzene rings is 2. The molecule has 3 heteroatoms. The number of hydrogen-bond donors (Lipinski definition) is 1. The smallest absolute Gasteiger partial charge is 0.131 e. The number of rotatable bonds is 1. The first-order valence-corrected chi connectivity index (χ1v) is 4.18. The van der Waals surface area contributed by atoms with Crippen molar-refractivity contribution in [2.45, 2.75) is 0 Å². The summed E-state index contributed by atoms with van der Waals surface area (Å²) >= 11 is 0. The molecule has 0 heterocycles. The lowest BCUT2D eigenvalue weighted by Gasteiger charge is -2.05. The van der Waals surface area contributed by atoms with E-state index in [1.807, 2.05) is 25.2 Å². The van der Waals surface area contributed by atoms with Gasteiger partial charge in [-0.1, -0.05) is 24.3 Å². The van der Waals surface area contributed by atoms with Gasteiger partial charge in [0.2, 0.25) is 0 Å². The van der Waals surface area contributed by atoms with Gasteiger partial charge in [0, 0.05) is 23.5 Å².